The van der Waals surface area contributed by atoms with E-state index in [-0.39, 0.29) is 5.75 Å². The lowest BCUT2D eigenvalue weighted by Gasteiger charge is -2.10. The summed E-state index contributed by atoms with van der Waals surface area (Å²) in [6.07, 6.45) is 1.54. The molecule has 0 bridgehead atoms. The Kier molecular flexibility index (Phi) is 5.76. The minimum Gasteiger partial charge on any atom is -0.504 e. The molecule has 2 aromatic carbocycles. The van der Waals surface area contributed by atoms with Crippen LogP contribution in [0.4, 0.5) is 5.69 Å². The molecule has 0 saturated carbocycles. The summed E-state index contributed by atoms with van der Waals surface area (Å²) in [6.45, 7) is 0. The number of nitrogens with one attached hydrogen (secondary N) is 2. The van der Waals surface area contributed by atoms with Crippen molar-refractivity contribution in [3.05, 3.63) is 48.0 Å². The summed E-state index contributed by atoms with van der Waals surface area (Å²) in [7, 11) is 3.08. The number of methoxy groups -OCH3 is 2. The van der Waals surface area contributed by atoms with E-state index in [0.29, 0.717) is 22.2 Å². The van der Waals surface area contributed by atoms with Crippen molar-refractivity contribution in [1.82, 2.24) is 5.43 Å². The van der Waals surface area contributed by atoms with Crippen LogP contribution in [0.2, 0.25) is 0 Å². The molecule has 0 amide bonds. The van der Waals surface area contributed by atoms with Gasteiger partial charge in [0.15, 0.2) is 16.6 Å². The normalized spacial score (nSPS) is 10.3. The van der Waals surface area contributed by atoms with Gasteiger partial charge in [-0.15, -0.1) is 0 Å². The highest BCUT2D eigenvalue weighted by molar-refractivity contribution is 7.80. The van der Waals surface area contributed by atoms with Crippen LogP contribution >= 0.6 is 12.2 Å². The summed E-state index contributed by atoms with van der Waals surface area (Å²) in [5.74, 6) is 1.13. The number of phenolic OH excluding ortho intramolecular Hbond substituents is 1. The van der Waals surface area contributed by atoms with E-state index in [2.05, 4.69) is 15.8 Å². The van der Waals surface area contributed by atoms with Crippen LogP contribution in [0.15, 0.2) is 47.6 Å². The van der Waals surface area contributed by atoms with Gasteiger partial charge in [0, 0.05) is 0 Å². The van der Waals surface area contributed by atoms with Crippen molar-refractivity contribution in [2.45, 2.75) is 0 Å². The average Bonchev–Trinajstić information content (AvgIpc) is 2.55. The number of para-hydroxylation sites is 2. The second kappa shape index (κ2) is 8.00. The van der Waals surface area contributed by atoms with Crippen LogP contribution in [0.1, 0.15) is 5.56 Å². The molecule has 0 atom stereocenters. The molecule has 0 aliphatic heterocycles. The summed E-state index contributed by atoms with van der Waals surface area (Å²) in [5, 5.41) is 17.0. The number of rotatable bonds is 5. The Bertz CT molecular complexity index is 719. The molecule has 0 fully saturated rings. The van der Waals surface area contributed by atoms with E-state index in [1.807, 2.05) is 24.3 Å². The van der Waals surface area contributed by atoms with Crippen molar-refractivity contribution in [3.63, 3.8) is 0 Å². The molecule has 0 aromatic heterocycles. The van der Waals surface area contributed by atoms with Crippen LogP contribution in [-0.2, 0) is 0 Å². The molecule has 120 valence electrons. The molecule has 0 radical (unpaired) electrons. The van der Waals surface area contributed by atoms with Crippen LogP contribution in [0.5, 0.6) is 17.2 Å². The lowest BCUT2D eigenvalue weighted by atomic mass is 10.2. The summed E-state index contributed by atoms with van der Waals surface area (Å²) in [5.41, 5.74) is 4.15. The van der Waals surface area contributed by atoms with E-state index in [4.69, 9.17) is 21.7 Å². The van der Waals surface area contributed by atoms with Gasteiger partial charge in [-0.05, 0) is 48.1 Å². The fraction of sp³-hybridized carbons (Fsp3) is 0.125. The Hall–Kier alpha value is -2.80. The van der Waals surface area contributed by atoms with Gasteiger partial charge in [-0.3, -0.25) is 5.43 Å². The zero-order chi connectivity index (χ0) is 16.7. The van der Waals surface area contributed by atoms with Crippen LogP contribution in [0.25, 0.3) is 0 Å². The topological polar surface area (TPSA) is 75.1 Å². The first-order valence-corrected chi connectivity index (χ1v) is 7.15. The van der Waals surface area contributed by atoms with Gasteiger partial charge in [-0.2, -0.15) is 5.10 Å². The first-order valence-electron chi connectivity index (χ1n) is 6.74. The molecule has 3 N–H and O–H groups in total. The number of hydrazone groups is 1. The Labute approximate surface area is 139 Å². The molecule has 6 nitrogen and oxygen atoms in total. The molecule has 7 heteroatoms. The number of hydrogen-bond donors (Lipinski definition) is 3. The Balaban J connectivity index is 1.95. The number of aromatic hydroxyl groups is 1. The maximum absolute atomic E-state index is 9.69. The minimum atomic E-state index is 0.0474. The first-order chi connectivity index (χ1) is 11.1. The quantitative estimate of drug-likeness (QED) is 0.444. The molecule has 2 rings (SSSR count). The maximum atomic E-state index is 9.69. The van der Waals surface area contributed by atoms with Gasteiger partial charge in [-0.25, -0.2) is 0 Å². The molecule has 23 heavy (non-hydrogen) atoms. The van der Waals surface area contributed by atoms with Crippen molar-refractivity contribution in [2.24, 2.45) is 5.10 Å². The van der Waals surface area contributed by atoms with Gasteiger partial charge in [0.25, 0.3) is 0 Å². The fourth-order valence-electron chi connectivity index (χ4n) is 1.85. The molecule has 2 aromatic rings. The zero-order valence-electron chi connectivity index (χ0n) is 12.7. The third-order valence-electron chi connectivity index (χ3n) is 2.94. The highest BCUT2D eigenvalue weighted by Crippen LogP contribution is 2.25. The highest BCUT2D eigenvalue weighted by atomic mass is 32.1. The van der Waals surface area contributed by atoms with Gasteiger partial charge in [-0.1, -0.05) is 12.1 Å². The van der Waals surface area contributed by atoms with Crippen LogP contribution in [0.3, 0.4) is 0 Å². The van der Waals surface area contributed by atoms with Crippen LogP contribution in [0, 0.1) is 0 Å². The number of ether oxygens (including phenoxy) is 2. The predicted molar refractivity (Wildman–Crippen MR) is 94.6 cm³/mol. The van der Waals surface area contributed by atoms with Crippen molar-refractivity contribution in [3.8, 4) is 17.2 Å². The van der Waals surface area contributed by atoms with E-state index in [1.54, 1.807) is 25.3 Å². The van der Waals surface area contributed by atoms with Crippen LogP contribution in [-0.4, -0.2) is 30.7 Å². The fourth-order valence-corrected chi connectivity index (χ4v) is 2.01. The van der Waals surface area contributed by atoms with Gasteiger partial charge < -0.3 is 19.9 Å². The summed E-state index contributed by atoms with van der Waals surface area (Å²) < 4.78 is 10.2. The van der Waals surface area contributed by atoms with Gasteiger partial charge in [0.05, 0.1) is 26.1 Å². The monoisotopic (exact) mass is 331 g/mol. The zero-order valence-corrected chi connectivity index (χ0v) is 13.6. The van der Waals surface area contributed by atoms with E-state index < -0.39 is 0 Å². The molecule has 0 saturated heterocycles. The summed E-state index contributed by atoms with van der Waals surface area (Å²) in [4.78, 5) is 0. The van der Waals surface area contributed by atoms with E-state index in [0.717, 1.165) is 5.69 Å². The Morgan fingerprint density at radius 1 is 1.13 bits per heavy atom. The first kappa shape index (κ1) is 16.6. The van der Waals surface area contributed by atoms with E-state index in [9.17, 15) is 5.11 Å². The molecule has 0 spiro atoms. The lowest BCUT2D eigenvalue weighted by Crippen LogP contribution is -2.24. The number of phenols is 1. The van der Waals surface area contributed by atoms with Crippen molar-refractivity contribution >= 4 is 29.2 Å². The SMILES string of the molecule is COc1ccc(/C=N\NC(=S)Nc2ccccc2OC)cc1O. The predicted octanol–water partition coefficient (Wildman–Crippen LogP) is 2.73. The molecule has 0 aliphatic rings. The Morgan fingerprint density at radius 3 is 2.57 bits per heavy atom. The molecule has 0 aliphatic carbocycles. The second-order valence-electron chi connectivity index (χ2n) is 4.46. The number of benzene rings is 2. The smallest absolute Gasteiger partial charge is 0.191 e. The highest BCUT2D eigenvalue weighted by Gasteiger charge is 2.03. The number of nitrogens with zero attached hydrogens (tertiary/aromatic N) is 1. The molecular weight excluding hydrogens is 314 g/mol. The number of hydrogen-bond acceptors (Lipinski definition) is 5. The molecule has 0 heterocycles. The van der Waals surface area contributed by atoms with Crippen molar-refractivity contribution in [1.29, 1.82) is 0 Å². The second-order valence-corrected chi connectivity index (χ2v) is 4.86. The average molecular weight is 331 g/mol. The van der Waals surface area contributed by atoms with Crippen LogP contribution < -0.4 is 20.2 Å². The Morgan fingerprint density at radius 2 is 1.87 bits per heavy atom. The third-order valence-corrected chi connectivity index (χ3v) is 3.13. The number of thiocarbonyl (C=S) groups is 1. The minimum absolute atomic E-state index is 0.0474. The standard InChI is InChI=1S/C16H17N3O3S/c1-21-14-6-4-3-5-12(14)18-16(23)19-17-10-11-7-8-15(22-2)13(20)9-11/h3-10,20H,1-2H3,(H2,18,19,23)/b17-10-. The molecule has 0 unspecified atom stereocenters. The van der Waals surface area contributed by atoms with Crippen molar-refractivity contribution < 1.29 is 14.6 Å². The summed E-state index contributed by atoms with van der Waals surface area (Å²) >= 11 is 5.16. The summed E-state index contributed by atoms with van der Waals surface area (Å²) in [6, 6.07) is 12.4. The molecular formula is C16H17N3O3S. The lowest BCUT2D eigenvalue weighted by molar-refractivity contribution is 0.373. The van der Waals surface area contributed by atoms with E-state index in [1.165, 1.54) is 13.3 Å². The number of anilines is 1. The largest absolute Gasteiger partial charge is 0.504 e. The van der Waals surface area contributed by atoms with Gasteiger partial charge >= 0.3 is 0 Å². The van der Waals surface area contributed by atoms with Crippen molar-refractivity contribution in [2.75, 3.05) is 19.5 Å². The maximum Gasteiger partial charge on any atom is 0.191 e. The van der Waals surface area contributed by atoms with Gasteiger partial charge in [0.1, 0.15) is 5.75 Å². The van der Waals surface area contributed by atoms with E-state index >= 15 is 0 Å². The van der Waals surface area contributed by atoms with Gasteiger partial charge in [0.2, 0.25) is 0 Å². The third kappa shape index (κ3) is 4.58.